The van der Waals surface area contributed by atoms with E-state index in [0.717, 1.165) is 23.5 Å². The van der Waals surface area contributed by atoms with Gasteiger partial charge in [-0.25, -0.2) is 4.39 Å². The van der Waals surface area contributed by atoms with E-state index in [0.29, 0.717) is 0 Å². The van der Waals surface area contributed by atoms with Crippen molar-refractivity contribution in [2.75, 3.05) is 11.5 Å². The average molecular weight is 310 g/mol. The fourth-order valence-corrected chi connectivity index (χ4v) is 3.42. The lowest BCUT2D eigenvalue weighted by Crippen LogP contribution is -2.40. The van der Waals surface area contributed by atoms with Crippen molar-refractivity contribution in [1.29, 1.82) is 0 Å². The molecule has 0 saturated carbocycles. The third-order valence-electron chi connectivity index (χ3n) is 3.82. The molecule has 1 aliphatic heterocycles. The van der Waals surface area contributed by atoms with Crippen LogP contribution in [-0.4, -0.2) is 34.4 Å². The Labute approximate surface area is 130 Å². The van der Waals surface area contributed by atoms with Crippen molar-refractivity contribution in [2.24, 2.45) is 0 Å². The molecule has 1 aromatic carbocycles. The Kier molecular flexibility index (Phi) is 5.65. The summed E-state index contributed by atoms with van der Waals surface area (Å²) in [6, 6.07) is 6.42. The SMILES string of the molecule is CCSCC(C)N1C(=O)C(CC)NC1c1ccc(F)cc1. The fourth-order valence-electron chi connectivity index (χ4n) is 2.68. The second-order valence-corrected chi connectivity index (χ2v) is 6.65. The fraction of sp³-hybridized carbons (Fsp3) is 0.562. The number of benzene rings is 1. The van der Waals surface area contributed by atoms with Crippen molar-refractivity contribution in [1.82, 2.24) is 10.2 Å². The van der Waals surface area contributed by atoms with Crippen molar-refractivity contribution in [3.05, 3.63) is 35.6 Å². The summed E-state index contributed by atoms with van der Waals surface area (Å²) in [5.74, 6) is 1.85. The molecule has 3 unspecified atom stereocenters. The summed E-state index contributed by atoms with van der Waals surface area (Å²) >= 11 is 1.83. The lowest BCUT2D eigenvalue weighted by atomic mass is 10.1. The van der Waals surface area contributed by atoms with E-state index in [1.807, 2.05) is 23.6 Å². The van der Waals surface area contributed by atoms with Crippen LogP contribution in [0, 0.1) is 5.82 Å². The molecule has 3 atom stereocenters. The number of halogens is 1. The van der Waals surface area contributed by atoms with Crippen LogP contribution in [0.1, 0.15) is 38.9 Å². The number of carbonyl (C=O) groups is 1. The van der Waals surface area contributed by atoms with Crippen LogP contribution in [-0.2, 0) is 4.79 Å². The molecular weight excluding hydrogens is 287 g/mol. The van der Waals surface area contributed by atoms with Gasteiger partial charge in [-0.1, -0.05) is 26.0 Å². The first-order valence-electron chi connectivity index (χ1n) is 7.49. The zero-order valence-electron chi connectivity index (χ0n) is 12.8. The van der Waals surface area contributed by atoms with E-state index < -0.39 is 0 Å². The average Bonchev–Trinajstić information content (AvgIpc) is 2.82. The highest BCUT2D eigenvalue weighted by atomic mass is 32.2. The molecule has 1 amide bonds. The number of rotatable bonds is 6. The van der Waals surface area contributed by atoms with Crippen LogP contribution < -0.4 is 5.32 Å². The molecule has 21 heavy (non-hydrogen) atoms. The maximum absolute atomic E-state index is 13.1. The van der Waals surface area contributed by atoms with Gasteiger partial charge in [0.1, 0.15) is 12.0 Å². The molecule has 0 aromatic heterocycles. The van der Waals surface area contributed by atoms with Gasteiger partial charge in [0, 0.05) is 11.8 Å². The van der Waals surface area contributed by atoms with Gasteiger partial charge in [0.25, 0.3) is 0 Å². The Bertz CT molecular complexity index is 480. The summed E-state index contributed by atoms with van der Waals surface area (Å²) in [5.41, 5.74) is 0.939. The van der Waals surface area contributed by atoms with Crippen molar-refractivity contribution in [2.45, 2.75) is 45.4 Å². The van der Waals surface area contributed by atoms with Crippen LogP contribution in [0.25, 0.3) is 0 Å². The molecule has 1 saturated heterocycles. The lowest BCUT2D eigenvalue weighted by Gasteiger charge is -2.30. The summed E-state index contributed by atoms with van der Waals surface area (Å²) in [7, 11) is 0. The standard InChI is InChI=1S/C16H23FN2OS/c1-4-14-16(20)19(11(3)10-21-5-2)15(18-14)12-6-8-13(17)9-7-12/h6-9,11,14-15,18H,4-5,10H2,1-3H3. The second-order valence-electron chi connectivity index (χ2n) is 5.34. The maximum Gasteiger partial charge on any atom is 0.241 e. The number of thioether (sulfide) groups is 1. The van der Waals surface area contributed by atoms with Crippen molar-refractivity contribution in [3.63, 3.8) is 0 Å². The molecule has 3 nitrogen and oxygen atoms in total. The Morgan fingerprint density at radius 2 is 2.00 bits per heavy atom. The first-order valence-corrected chi connectivity index (χ1v) is 8.65. The molecular formula is C16H23FN2OS. The smallest absolute Gasteiger partial charge is 0.241 e. The van der Waals surface area contributed by atoms with Crippen LogP contribution in [0.4, 0.5) is 4.39 Å². The molecule has 2 rings (SSSR count). The zero-order valence-corrected chi connectivity index (χ0v) is 13.6. The Hall–Kier alpha value is -1.07. The first kappa shape index (κ1) is 16.3. The molecule has 1 aliphatic rings. The molecule has 0 spiro atoms. The molecule has 1 heterocycles. The van der Waals surface area contributed by atoms with E-state index in [9.17, 15) is 9.18 Å². The molecule has 1 N–H and O–H groups in total. The molecule has 0 bridgehead atoms. The summed E-state index contributed by atoms with van der Waals surface area (Å²) in [6.45, 7) is 6.21. The Balaban J connectivity index is 2.23. The Morgan fingerprint density at radius 3 is 2.57 bits per heavy atom. The normalized spacial score (nSPS) is 23.6. The van der Waals surface area contributed by atoms with Crippen molar-refractivity contribution < 1.29 is 9.18 Å². The lowest BCUT2D eigenvalue weighted by molar-refractivity contribution is -0.131. The third kappa shape index (κ3) is 3.58. The predicted molar refractivity (Wildman–Crippen MR) is 85.7 cm³/mol. The predicted octanol–water partition coefficient (Wildman–Crippen LogP) is 3.18. The van der Waals surface area contributed by atoms with Crippen LogP contribution in [0.3, 0.4) is 0 Å². The molecule has 5 heteroatoms. The van der Waals surface area contributed by atoms with Gasteiger partial charge in [0.15, 0.2) is 0 Å². The van der Waals surface area contributed by atoms with Gasteiger partial charge < -0.3 is 4.90 Å². The Morgan fingerprint density at radius 1 is 1.33 bits per heavy atom. The van der Waals surface area contributed by atoms with Gasteiger partial charge in [-0.2, -0.15) is 11.8 Å². The molecule has 116 valence electrons. The molecule has 1 fully saturated rings. The van der Waals surface area contributed by atoms with E-state index >= 15 is 0 Å². The van der Waals surface area contributed by atoms with Gasteiger partial charge in [0.05, 0.1) is 6.04 Å². The number of nitrogens with one attached hydrogen (secondary N) is 1. The van der Waals surface area contributed by atoms with Gasteiger partial charge in [-0.15, -0.1) is 0 Å². The van der Waals surface area contributed by atoms with E-state index in [2.05, 4.69) is 19.2 Å². The number of amides is 1. The second kappa shape index (κ2) is 7.27. The van der Waals surface area contributed by atoms with E-state index in [1.54, 1.807) is 12.1 Å². The van der Waals surface area contributed by atoms with E-state index in [-0.39, 0.29) is 30.0 Å². The van der Waals surface area contributed by atoms with Gasteiger partial charge in [-0.3, -0.25) is 10.1 Å². The first-order chi connectivity index (χ1) is 10.1. The minimum atomic E-state index is -0.253. The number of nitrogens with zero attached hydrogens (tertiary/aromatic N) is 1. The maximum atomic E-state index is 13.1. The summed E-state index contributed by atoms with van der Waals surface area (Å²) in [5, 5.41) is 3.38. The number of carbonyl (C=O) groups excluding carboxylic acids is 1. The van der Waals surface area contributed by atoms with E-state index in [1.165, 1.54) is 12.1 Å². The quantitative estimate of drug-likeness (QED) is 0.876. The topological polar surface area (TPSA) is 32.3 Å². The number of hydrogen-bond donors (Lipinski definition) is 1. The van der Waals surface area contributed by atoms with Crippen LogP contribution in [0.5, 0.6) is 0 Å². The van der Waals surface area contributed by atoms with Gasteiger partial charge in [0.2, 0.25) is 5.91 Å². The summed E-state index contributed by atoms with van der Waals surface area (Å²) in [6.07, 6.45) is 0.608. The van der Waals surface area contributed by atoms with Gasteiger partial charge in [-0.05, 0) is 36.8 Å². The largest absolute Gasteiger partial charge is 0.318 e. The zero-order chi connectivity index (χ0) is 15.4. The molecule has 0 radical (unpaired) electrons. The number of hydrogen-bond acceptors (Lipinski definition) is 3. The highest BCUT2D eigenvalue weighted by Crippen LogP contribution is 2.29. The molecule has 1 aromatic rings. The van der Waals surface area contributed by atoms with Crippen LogP contribution in [0.2, 0.25) is 0 Å². The third-order valence-corrected chi connectivity index (χ3v) is 4.95. The minimum Gasteiger partial charge on any atom is -0.318 e. The monoisotopic (exact) mass is 310 g/mol. The highest BCUT2D eigenvalue weighted by Gasteiger charge is 2.40. The van der Waals surface area contributed by atoms with Gasteiger partial charge >= 0.3 is 0 Å². The highest BCUT2D eigenvalue weighted by molar-refractivity contribution is 7.99. The summed E-state index contributed by atoms with van der Waals surface area (Å²) in [4.78, 5) is 14.5. The van der Waals surface area contributed by atoms with Crippen LogP contribution >= 0.6 is 11.8 Å². The van der Waals surface area contributed by atoms with Crippen LogP contribution in [0.15, 0.2) is 24.3 Å². The van der Waals surface area contributed by atoms with E-state index in [4.69, 9.17) is 0 Å². The minimum absolute atomic E-state index is 0.144. The molecule has 0 aliphatic carbocycles. The van der Waals surface area contributed by atoms with Crippen molar-refractivity contribution >= 4 is 17.7 Å². The summed E-state index contributed by atoms with van der Waals surface area (Å²) < 4.78 is 13.1. The van der Waals surface area contributed by atoms with Crippen molar-refractivity contribution in [3.8, 4) is 0 Å².